The van der Waals surface area contributed by atoms with Crippen molar-refractivity contribution in [1.29, 1.82) is 0 Å². The van der Waals surface area contributed by atoms with Crippen molar-refractivity contribution in [2.24, 2.45) is 7.05 Å². The first-order chi connectivity index (χ1) is 14.5. The van der Waals surface area contributed by atoms with Crippen LogP contribution in [0.5, 0.6) is 0 Å². The molecule has 0 atom stereocenters. The number of allylic oxidation sites excluding steroid dienone is 3. The first kappa shape index (κ1) is 19.6. The maximum atomic E-state index is 12.9. The van der Waals surface area contributed by atoms with E-state index in [0.29, 0.717) is 18.5 Å². The zero-order valence-corrected chi connectivity index (χ0v) is 17.0. The van der Waals surface area contributed by atoms with Gasteiger partial charge in [-0.2, -0.15) is 0 Å². The van der Waals surface area contributed by atoms with Crippen molar-refractivity contribution in [2.75, 3.05) is 6.54 Å². The van der Waals surface area contributed by atoms with Crippen molar-refractivity contribution in [2.45, 2.75) is 19.8 Å². The Bertz CT molecular complexity index is 1120. The Labute approximate surface area is 175 Å². The lowest BCUT2D eigenvalue weighted by Gasteiger charge is -2.27. The number of nitrogens with one attached hydrogen (secondary N) is 1. The third kappa shape index (κ3) is 3.41. The van der Waals surface area contributed by atoms with Crippen molar-refractivity contribution < 1.29 is 14.4 Å². The summed E-state index contributed by atoms with van der Waals surface area (Å²) >= 11 is 0. The van der Waals surface area contributed by atoms with Gasteiger partial charge in [-0.3, -0.25) is 19.8 Å². The molecule has 0 radical (unpaired) electrons. The number of hydrogen-bond acceptors (Lipinski definition) is 3. The largest absolute Gasteiger partial charge is 0.344 e. The summed E-state index contributed by atoms with van der Waals surface area (Å²) in [5, 5.41) is 2.29. The molecule has 2 aliphatic rings. The minimum atomic E-state index is -0.655. The lowest BCUT2D eigenvalue weighted by Crippen LogP contribution is -2.54. The number of nitrogens with zero attached hydrogens (tertiary/aromatic N) is 2. The molecule has 4 amide bonds. The summed E-state index contributed by atoms with van der Waals surface area (Å²) in [6.07, 6.45) is 8.86. The predicted octanol–water partition coefficient (Wildman–Crippen LogP) is 3.91. The van der Waals surface area contributed by atoms with Crippen LogP contribution in [0.1, 0.15) is 31.0 Å². The van der Waals surface area contributed by atoms with Crippen LogP contribution < -0.4 is 5.32 Å². The highest BCUT2D eigenvalue weighted by Gasteiger charge is 2.36. The average Bonchev–Trinajstić information content (AvgIpc) is 2.91. The second kappa shape index (κ2) is 7.99. The van der Waals surface area contributed by atoms with Crippen LogP contribution in [0.4, 0.5) is 4.79 Å². The highest BCUT2D eigenvalue weighted by Crippen LogP contribution is 2.30. The number of benzene rings is 1. The van der Waals surface area contributed by atoms with E-state index in [-0.39, 0.29) is 5.57 Å². The molecular formula is C24H23N3O3. The highest BCUT2D eigenvalue weighted by atomic mass is 16.2. The number of carbonyl (C=O) groups excluding carboxylic acids is 3. The number of barbiturate groups is 1. The molecule has 1 fully saturated rings. The third-order valence-electron chi connectivity index (χ3n) is 5.42. The molecule has 1 N–H and O–H groups in total. The Balaban J connectivity index is 1.71. The van der Waals surface area contributed by atoms with Crippen LogP contribution in [0.25, 0.3) is 23.4 Å². The molecule has 1 aliphatic carbocycles. The van der Waals surface area contributed by atoms with E-state index in [2.05, 4.69) is 28.1 Å². The molecule has 2 aromatic rings. The summed E-state index contributed by atoms with van der Waals surface area (Å²) in [5.41, 5.74) is 4.64. The lowest BCUT2D eigenvalue weighted by molar-refractivity contribution is -0.130. The Morgan fingerprint density at radius 3 is 2.43 bits per heavy atom. The van der Waals surface area contributed by atoms with Gasteiger partial charge in [-0.15, -0.1) is 0 Å². The van der Waals surface area contributed by atoms with E-state index < -0.39 is 17.8 Å². The topological polar surface area (TPSA) is 71.4 Å². The van der Waals surface area contributed by atoms with Crippen LogP contribution in [0.15, 0.2) is 59.7 Å². The smallest absolute Gasteiger partial charge is 0.331 e. The normalized spacial score (nSPS) is 18.5. The summed E-state index contributed by atoms with van der Waals surface area (Å²) in [4.78, 5) is 38.5. The van der Waals surface area contributed by atoms with Gasteiger partial charge < -0.3 is 4.57 Å². The van der Waals surface area contributed by atoms with Crippen molar-refractivity contribution >= 4 is 30.0 Å². The Kier molecular flexibility index (Phi) is 5.23. The van der Waals surface area contributed by atoms with E-state index in [1.165, 1.54) is 0 Å². The Hall–Kier alpha value is -3.67. The predicted molar refractivity (Wildman–Crippen MR) is 116 cm³/mol. The number of aromatic nitrogens is 1. The number of fused-ring (bicyclic) bond motifs is 1. The van der Waals surface area contributed by atoms with Crippen molar-refractivity contribution in [3.63, 3.8) is 0 Å². The lowest BCUT2D eigenvalue weighted by atomic mass is 10.0. The van der Waals surface area contributed by atoms with E-state index in [0.717, 1.165) is 33.8 Å². The fourth-order valence-corrected chi connectivity index (χ4v) is 3.76. The van der Waals surface area contributed by atoms with Crippen molar-refractivity contribution in [3.05, 3.63) is 71.0 Å². The van der Waals surface area contributed by atoms with Gasteiger partial charge in [0.1, 0.15) is 5.57 Å². The molecule has 30 heavy (non-hydrogen) atoms. The van der Waals surface area contributed by atoms with E-state index in [1.807, 2.05) is 44.3 Å². The van der Waals surface area contributed by atoms with Crippen LogP contribution in [0, 0.1) is 0 Å². The summed E-state index contributed by atoms with van der Waals surface area (Å²) < 4.78 is 2.08. The molecule has 1 aromatic carbocycles. The maximum absolute atomic E-state index is 12.9. The first-order valence-electron chi connectivity index (χ1n) is 10.0. The van der Waals surface area contributed by atoms with Gasteiger partial charge in [-0.1, -0.05) is 61.9 Å². The molecule has 0 saturated carbocycles. The fraction of sp³-hybridized carbons (Fsp3) is 0.208. The average molecular weight is 401 g/mol. The van der Waals surface area contributed by atoms with Gasteiger partial charge in [0.05, 0.1) is 0 Å². The zero-order valence-electron chi connectivity index (χ0n) is 17.0. The second-order valence-corrected chi connectivity index (χ2v) is 7.36. The number of carbonyl (C=O) groups is 3. The maximum Gasteiger partial charge on any atom is 0.331 e. The van der Waals surface area contributed by atoms with Gasteiger partial charge in [-0.05, 0) is 29.7 Å². The van der Waals surface area contributed by atoms with Crippen molar-refractivity contribution in [3.8, 4) is 11.3 Å². The molecule has 2 heterocycles. The molecule has 1 aliphatic heterocycles. The van der Waals surface area contributed by atoms with Gasteiger partial charge in [0.15, 0.2) is 0 Å². The van der Waals surface area contributed by atoms with Gasteiger partial charge in [0.2, 0.25) is 0 Å². The van der Waals surface area contributed by atoms with Crippen molar-refractivity contribution in [1.82, 2.24) is 14.8 Å². The minimum absolute atomic E-state index is 0.00529. The molecule has 0 bridgehead atoms. The first-order valence-corrected chi connectivity index (χ1v) is 10.0. The van der Waals surface area contributed by atoms with E-state index in [9.17, 15) is 14.4 Å². The minimum Gasteiger partial charge on any atom is -0.344 e. The van der Waals surface area contributed by atoms with E-state index in [4.69, 9.17) is 0 Å². The molecular weight excluding hydrogens is 378 g/mol. The summed E-state index contributed by atoms with van der Waals surface area (Å²) in [6.45, 7) is 2.27. The molecule has 1 saturated heterocycles. The number of amides is 4. The summed E-state index contributed by atoms with van der Waals surface area (Å²) in [7, 11) is 1.99. The monoisotopic (exact) mass is 401 g/mol. The van der Waals surface area contributed by atoms with E-state index >= 15 is 0 Å². The van der Waals surface area contributed by atoms with Gasteiger partial charge in [0, 0.05) is 30.5 Å². The molecule has 0 spiro atoms. The summed E-state index contributed by atoms with van der Waals surface area (Å²) in [5.74, 6) is -1.20. The van der Waals surface area contributed by atoms with Gasteiger partial charge in [-0.25, -0.2) is 4.79 Å². The second-order valence-electron chi connectivity index (χ2n) is 7.36. The van der Waals surface area contributed by atoms with Crippen LogP contribution in [0.3, 0.4) is 0 Å². The Morgan fingerprint density at radius 2 is 1.70 bits per heavy atom. The number of urea groups is 1. The number of hydrogen-bond donors (Lipinski definition) is 1. The Morgan fingerprint density at radius 1 is 0.967 bits per heavy atom. The highest BCUT2D eigenvalue weighted by molar-refractivity contribution is 6.29. The fourth-order valence-electron chi connectivity index (χ4n) is 3.76. The van der Waals surface area contributed by atoms with Crippen LogP contribution >= 0.6 is 0 Å². The zero-order chi connectivity index (χ0) is 21.3. The number of unbranched alkanes of at least 4 members (excludes halogenated alkanes) is 1. The molecule has 1 aromatic heterocycles. The number of rotatable bonds is 4. The van der Waals surface area contributed by atoms with E-state index in [1.54, 1.807) is 12.2 Å². The summed E-state index contributed by atoms with van der Waals surface area (Å²) in [6, 6.07) is 11.5. The number of imide groups is 2. The van der Waals surface area contributed by atoms with Crippen LogP contribution in [0.2, 0.25) is 0 Å². The molecule has 0 unspecified atom stereocenters. The molecule has 4 rings (SSSR count). The quantitative estimate of drug-likeness (QED) is 0.624. The van der Waals surface area contributed by atoms with Crippen LogP contribution in [-0.4, -0.2) is 33.9 Å². The third-order valence-corrected chi connectivity index (χ3v) is 5.42. The van der Waals surface area contributed by atoms with Gasteiger partial charge >= 0.3 is 6.03 Å². The SMILES string of the molecule is CCCCN1C(=O)NC(=O)/C(=C2\C=Cc3cc(-c4ccccc4)n(C)c3C=C2)C1=O. The molecule has 6 nitrogen and oxygen atoms in total. The molecule has 6 heteroatoms. The van der Waals surface area contributed by atoms with Crippen LogP contribution in [-0.2, 0) is 16.6 Å². The van der Waals surface area contributed by atoms with Gasteiger partial charge in [0.25, 0.3) is 11.8 Å². The molecule has 152 valence electrons. The standard InChI is InChI=1S/C24H23N3O3/c1-3-4-14-27-23(29)21(22(28)25-24(27)30)17-10-11-18-15-20(16-8-6-5-7-9-16)26(2)19(18)13-12-17/h5-13,15H,3-4,14H2,1-2H3,(H,25,28,30)/b21-17-.